The highest BCUT2D eigenvalue weighted by molar-refractivity contribution is 6.30. The second kappa shape index (κ2) is 8.28. The number of hydrogen-bond acceptors (Lipinski definition) is 4. The van der Waals surface area contributed by atoms with Gasteiger partial charge in [0.2, 0.25) is 17.7 Å². The van der Waals surface area contributed by atoms with Crippen molar-refractivity contribution in [2.75, 3.05) is 0 Å². The lowest BCUT2D eigenvalue weighted by molar-refractivity contribution is -0.130. The standard InChI is InChI=1S/C27H28ClN3O2/c28-22-8-6-20(7-9-22)24(26-31-30-25(33-26)21-4-2-1-3-5-21)29-23(32)16-27-13-17-10-18(14-27)12-19(11-17)15-27/h1-9,17-19,24H,10-16H2,(H,29,32)/t17?,18?,19?,24-,27?/m0/s1. The summed E-state index contributed by atoms with van der Waals surface area (Å²) in [4.78, 5) is 13.4. The zero-order valence-electron chi connectivity index (χ0n) is 18.5. The first-order chi connectivity index (χ1) is 16.1. The summed E-state index contributed by atoms with van der Waals surface area (Å²) in [5.41, 5.74) is 1.90. The summed E-state index contributed by atoms with van der Waals surface area (Å²) in [5.74, 6) is 3.35. The van der Waals surface area contributed by atoms with Crippen LogP contribution in [0.15, 0.2) is 59.0 Å². The van der Waals surface area contributed by atoms with Gasteiger partial charge >= 0.3 is 0 Å². The number of amides is 1. The number of carbonyl (C=O) groups excluding carboxylic acids is 1. The number of rotatable bonds is 6. The maximum atomic E-state index is 13.4. The van der Waals surface area contributed by atoms with Gasteiger partial charge in [-0.15, -0.1) is 10.2 Å². The van der Waals surface area contributed by atoms with Crippen LogP contribution in [0, 0.1) is 23.2 Å². The number of aromatic nitrogens is 2. The van der Waals surface area contributed by atoms with E-state index in [-0.39, 0.29) is 11.3 Å². The molecule has 4 bridgehead atoms. The first-order valence-corrected chi connectivity index (χ1v) is 12.4. The van der Waals surface area contributed by atoms with Crippen molar-refractivity contribution in [3.8, 4) is 11.5 Å². The number of nitrogens with zero attached hydrogens (tertiary/aromatic N) is 2. The Hall–Kier alpha value is -2.66. The second-order valence-corrected chi connectivity index (χ2v) is 10.9. The molecule has 0 radical (unpaired) electrons. The normalized spacial score (nSPS) is 28.6. The predicted octanol–water partition coefficient (Wildman–Crippen LogP) is 6.20. The molecule has 5 nitrogen and oxygen atoms in total. The molecule has 33 heavy (non-hydrogen) atoms. The molecule has 1 N–H and O–H groups in total. The average Bonchev–Trinajstić information content (AvgIpc) is 3.28. The molecule has 0 spiro atoms. The smallest absolute Gasteiger partial charge is 0.247 e. The van der Waals surface area contributed by atoms with Crippen LogP contribution in [-0.2, 0) is 4.79 Å². The van der Waals surface area contributed by atoms with Gasteiger partial charge in [-0.1, -0.05) is 41.9 Å². The summed E-state index contributed by atoms with van der Waals surface area (Å²) >= 11 is 6.12. The molecule has 1 aromatic heterocycles. The Morgan fingerprint density at radius 1 is 0.970 bits per heavy atom. The molecule has 1 heterocycles. The quantitative estimate of drug-likeness (QED) is 0.474. The van der Waals surface area contributed by atoms with Crippen molar-refractivity contribution in [3.63, 3.8) is 0 Å². The van der Waals surface area contributed by atoms with Gasteiger partial charge in [0.25, 0.3) is 0 Å². The summed E-state index contributed by atoms with van der Waals surface area (Å²) in [7, 11) is 0. The van der Waals surface area contributed by atoms with Gasteiger partial charge in [0, 0.05) is 17.0 Å². The van der Waals surface area contributed by atoms with Crippen LogP contribution in [0.4, 0.5) is 0 Å². The number of hydrogen-bond donors (Lipinski definition) is 1. The number of benzene rings is 2. The van der Waals surface area contributed by atoms with Gasteiger partial charge in [0.05, 0.1) is 0 Å². The van der Waals surface area contributed by atoms with Gasteiger partial charge in [0.1, 0.15) is 6.04 Å². The van der Waals surface area contributed by atoms with Gasteiger partial charge < -0.3 is 9.73 Å². The SMILES string of the molecule is O=C(CC12CC3CC(CC(C3)C1)C2)N[C@@H](c1ccc(Cl)cc1)c1nnc(-c2ccccc2)o1. The lowest BCUT2D eigenvalue weighted by atomic mass is 9.49. The van der Waals surface area contributed by atoms with Gasteiger partial charge in [-0.2, -0.15) is 0 Å². The molecular weight excluding hydrogens is 434 g/mol. The zero-order chi connectivity index (χ0) is 22.4. The zero-order valence-corrected chi connectivity index (χ0v) is 19.3. The van der Waals surface area contributed by atoms with E-state index >= 15 is 0 Å². The maximum absolute atomic E-state index is 13.4. The third-order valence-corrected chi connectivity index (χ3v) is 8.17. The Labute approximate surface area is 198 Å². The lowest BCUT2D eigenvalue weighted by Gasteiger charge is -2.56. The average molecular weight is 462 g/mol. The third kappa shape index (κ3) is 4.19. The van der Waals surface area contributed by atoms with Crippen LogP contribution >= 0.6 is 11.6 Å². The van der Waals surface area contributed by atoms with Crippen LogP contribution in [0.5, 0.6) is 0 Å². The first-order valence-electron chi connectivity index (χ1n) is 12.0. The molecule has 6 heteroatoms. The second-order valence-electron chi connectivity index (χ2n) is 10.5. The predicted molar refractivity (Wildman–Crippen MR) is 126 cm³/mol. The van der Waals surface area contributed by atoms with Crippen molar-refractivity contribution in [2.24, 2.45) is 23.2 Å². The van der Waals surface area contributed by atoms with E-state index in [1.165, 1.54) is 38.5 Å². The Morgan fingerprint density at radius 2 is 1.61 bits per heavy atom. The summed E-state index contributed by atoms with van der Waals surface area (Å²) in [6, 6.07) is 16.6. The fourth-order valence-electron chi connectivity index (χ4n) is 7.05. The fourth-order valence-corrected chi connectivity index (χ4v) is 7.18. The minimum Gasteiger partial charge on any atom is -0.418 e. The van der Waals surface area contributed by atoms with Crippen LogP contribution in [0.3, 0.4) is 0 Å². The van der Waals surface area contributed by atoms with Crippen molar-refractivity contribution in [1.29, 1.82) is 0 Å². The highest BCUT2D eigenvalue weighted by atomic mass is 35.5. The molecule has 3 aromatic rings. The summed E-state index contributed by atoms with van der Waals surface area (Å²) in [5, 5.41) is 12.4. The molecule has 4 aliphatic rings. The van der Waals surface area contributed by atoms with Crippen molar-refractivity contribution in [1.82, 2.24) is 15.5 Å². The third-order valence-electron chi connectivity index (χ3n) is 7.92. The molecule has 0 saturated heterocycles. The van der Waals surface area contributed by atoms with Crippen LogP contribution in [-0.4, -0.2) is 16.1 Å². The number of carbonyl (C=O) groups is 1. The molecule has 1 amide bonds. The monoisotopic (exact) mass is 461 g/mol. The van der Waals surface area contributed by atoms with Gasteiger partial charge in [-0.25, -0.2) is 0 Å². The lowest BCUT2D eigenvalue weighted by Crippen LogP contribution is -2.48. The van der Waals surface area contributed by atoms with Crippen LogP contribution in [0.1, 0.15) is 62.4 Å². The van der Waals surface area contributed by atoms with E-state index < -0.39 is 6.04 Å². The fraction of sp³-hybridized carbons (Fsp3) is 0.444. The van der Waals surface area contributed by atoms with Crippen molar-refractivity contribution in [2.45, 2.75) is 51.0 Å². The first kappa shape index (κ1) is 20.9. The van der Waals surface area contributed by atoms with Gasteiger partial charge in [0.15, 0.2) is 0 Å². The molecule has 2 aromatic carbocycles. The molecule has 170 valence electrons. The van der Waals surface area contributed by atoms with E-state index in [2.05, 4.69) is 15.5 Å². The molecule has 4 fully saturated rings. The summed E-state index contributed by atoms with van der Waals surface area (Å²) in [6.45, 7) is 0. The van der Waals surface area contributed by atoms with Crippen molar-refractivity contribution >= 4 is 17.5 Å². The van der Waals surface area contributed by atoms with Crippen molar-refractivity contribution < 1.29 is 9.21 Å². The number of halogens is 1. The molecule has 4 aliphatic carbocycles. The highest BCUT2D eigenvalue weighted by Crippen LogP contribution is 2.61. The molecule has 0 unspecified atom stereocenters. The van der Waals surface area contributed by atoms with Crippen LogP contribution in [0.25, 0.3) is 11.5 Å². The molecule has 7 rings (SSSR count). The minimum absolute atomic E-state index is 0.0661. The Morgan fingerprint density at radius 3 is 2.24 bits per heavy atom. The topological polar surface area (TPSA) is 68.0 Å². The highest BCUT2D eigenvalue weighted by Gasteiger charge is 2.51. The maximum Gasteiger partial charge on any atom is 0.247 e. The molecule has 1 atom stereocenters. The van der Waals surface area contributed by atoms with Crippen LogP contribution < -0.4 is 5.32 Å². The van der Waals surface area contributed by atoms with E-state index in [1.807, 2.05) is 54.6 Å². The minimum atomic E-state index is -0.506. The molecular formula is C27H28ClN3O2. The van der Waals surface area contributed by atoms with E-state index in [9.17, 15) is 4.79 Å². The summed E-state index contributed by atoms with van der Waals surface area (Å²) in [6.07, 6.45) is 8.32. The molecule has 0 aliphatic heterocycles. The van der Waals surface area contributed by atoms with E-state index in [1.54, 1.807) is 0 Å². The number of nitrogens with one attached hydrogen (secondary N) is 1. The van der Waals surface area contributed by atoms with Crippen LogP contribution in [0.2, 0.25) is 5.02 Å². The van der Waals surface area contributed by atoms with Crippen molar-refractivity contribution in [3.05, 3.63) is 71.1 Å². The van der Waals surface area contributed by atoms with Gasteiger partial charge in [-0.3, -0.25) is 4.79 Å². The van der Waals surface area contributed by atoms with E-state index in [4.69, 9.17) is 16.0 Å². The van der Waals surface area contributed by atoms with E-state index in [0.717, 1.165) is 28.9 Å². The largest absolute Gasteiger partial charge is 0.418 e. The Bertz CT molecular complexity index is 1110. The molecule has 4 saturated carbocycles. The van der Waals surface area contributed by atoms with Gasteiger partial charge in [-0.05, 0) is 91.5 Å². The Kier molecular flexibility index (Phi) is 5.25. The van der Waals surface area contributed by atoms with E-state index in [0.29, 0.717) is 23.2 Å². The Balaban J connectivity index is 1.25. The summed E-state index contributed by atoms with van der Waals surface area (Å²) < 4.78 is 6.04.